The molecule has 11 heteroatoms. The fourth-order valence-corrected chi connectivity index (χ4v) is 4.94. The van der Waals surface area contributed by atoms with E-state index in [1.165, 1.54) is 12.8 Å². The molecule has 2 fully saturated rings. The minimum atomic E-state index is 0.0249. The zero-order chi connectivity index (χ0) is 26.2. The number of carbonyl (C=O) groups is 1. The van der Waals surface area contributed by atoms with Crippen molar-refractivity contribution in [1.29, 1.82) is 5.26 Å². The number of amides is 1. The minimum absolute atomic E-state index is 0.0249. The Morgan fingerprint density at radius 2 is 1.92 bits per heavy atom. The van der Waals surface area contributed by atoms with Crippen LogP contribution in [0.4, 0.5) is 23.0 Å². The van der Waals surface area contributed by atoms with Crippen molar-refractivity contribution >= 4 is 28.9 Å². The van der Waals surface area contributed by atoms with Gasteiger partial charge in [0.05, 0.1) is 17.4 Å². The van der Waals surface area contributed by atoms with Crippen LogP contribution in [0.25, 0.3) is 0 Å². The molecule has 1 saturated carbocycles. The second kappa shape index (κ2) is 9.79. The highest BCUT2D eigenvalue weighted by atomic mass is 16.7. The van der Waals surface area contributed by atoms with E-state index < -0.39 is 0 Å². The van der Waals surface area contributed by atoms with Crippen LogP contribution < -0.4 is 20.1 Å². The van der Waals surface area contributed by atoms with Crippen molar-refractivity contribution in [2.45, 2.75) is 25.8 Å². The molecular formula is C27H29N9O2. The maximum Gasteiger partial charge on any atom is 0.255 e. The maximum atomic E-state index is 13.0. The van der Waals surface area contributed by atoms with Crippen molar-refractivity contribution in [2.75, 3.05) is 55.2 Å². The number of nitriles is 1. The summed E-state index contributed by atoms with van der Waals surface area (Å²) in [6.45, 7) is 5.74. The lowest BCUT2D eigenvalue weighted by molar-refractivity contribution is 0.0627. The summed E-state index contributed by atoms with van der Waals surface area (Å²) in [5, 5.41) is 14.2. The minimum Gasteiger partial charge on any atom is -0.376 e. The van der Waals surface area contributed by atoms with E-state index in [0.717, 1.165) is 55.0 Å². The largest absolute Gasteiger partial charge is 0.376 e. The zero-order valence-electron chi connectivity index (χ0n) is 21.5. The Morgan fingerprint density at radius 1 is 1.11 bits per heavy atom. The number of nitrogens with one attached hydrogen (secondary N) is 1. The summed E-state index contributed by atoms with van der Waals surface area (Å²) in [5.74, 6) is 1.95. The first-order valence-corrected chi connectivity index (χ1v) is 12.8. The summed E-state index contributed by atoms with van der Waals surface area (Å²) in [4.78, 5) is 38.8. The van der Waals surface area contributed by atoms with Gasteiger partial charge in [-0.1, -0.05) is 0 Å². The van der Waals surface area contributed by atoms with Gasteiger partial charge in [-0.15, -0.1) is 0 Å². The van der Waals surface area contributed by atoms with E-state index >= 15 is 0 Å². The smallest absolute Gasteiger partial charge is 0.255 e. The number of anilines is 4. The van der Waals surface area contributed by atoms with Crippen molar-refractivity contribution < 1.29 is 9.63 Å². The van der Waals surface area contributed by atoms with Crippen LogP contribution in [0.1, 0.15) is 34.5 Å². The lowest BCUT2D eigenvalue weighted by Crippen LogP contribution is -2.49. The number of aryl methyl sites for hydroxylation is 1. The van der Waals surface area contributed by atoms with Crippen molar-refractivity contribution in [2.24, 2.45) is 0 Å². The number of aromatic nitrogens is 3. The molecule has 6 rings (SSSR count). The highest BCUT2D eigenvalue weighted by molar-refractivity contribution is 5.94. The summed E-state index contributed by atoms with van der Waals surface area (Å²) < 4.78 is 0. The predicted molar refractivity (Wildman–Crippen MR) is 142 cm³/mol. The molecule has 0 aromatic carbocycles. The molecule has 0 spiro atoms. The van der Waals surface area contributed by atoms with Crippen LogP contribution in [0.15, 0.2) is 42.9 Å². The fourth-order valence-electron chi connectivity index (χ4n) is 4.94. The fraction of sp³-hybridized carbons (Fsp3) is 0.370. The summed E-state index contributed by atoms with van der Waals surface area (Å²) in [6, 6.07) is 9.97. The number of fused-ring (bicyclic) bond motifs is 1. The SMILES string of the molecule is Cc1cc(C#N)ncc1ON1CN(C)c2nccc(Nc3ccc(C(=O)N4CCN(C5CC5)CC4)cn3)c21. The molecule has 0 atom stereocenters. The first-order valence-electron chi connectivity index (χ1n) is 12.8. The second-order valence-electron chi connectivity index (χ2n) is 9.90. The molecular weight excluding hydrogens is 482 g/mol. The van der Waals surface area contributed by atoms with E-state index in [-0.39, 0.29) is 5.91 Å². The van der Waals surface area contributed by atoms with Crippen LogP contribution >= 0.6 is 0 Å². The summed E-state index contributed by atoms with van der Waals surface area (Å²) >= 11 is 0. The Bertz CT molecular complexity index is 1390. The number of nitrogens with zero attached hydrogens (tertiary/aromatic N) is 8. The Kier molecular flexibility index (Phi) is 6.17. The molecule has 3 aromatic rings. The Hall–Kier alpha value is -4.43. The average molecular weight is 512 g/mol. The van der Waals surface area contributed by atoms with Crippen LogP contribution in [0.2, 0.25) is 0 Å². The molecule has 3 aliphatic rings. The molecule has 1 N–H and O–H groups in total. The number of hydrogen-bond donors (Lipinski definition) is 1. The van der Waals surface area contributed by atoms with Gasteiger partial charge in [-0.2, -0.15) is 10.3 Å². The number of hydroxylamine groups is 1. The molecule has 5 heterocycles. The Labute approximate surface area is 221 Å². The van der Waals surface area contributed by atoms with Gasteiger partial charge < -0.3 is 20.0 Å². The Balaban J connectivity index is 1.17. The molecule has 38 heavy (non-hydrogen) atoms. The number of rotatable bonds is 6. The van der Waals surface area contributed by atoms with Gasteiger partial charge in [-0.05, 0) is 49.6 Å². The van der Waals surface area contributed by atoms with Gasteiger partial charge in [0.25, 0.3) is 5.91 Å². The van der Waals surface area contributed by atoms with Crippen molar-refractivity contribution in [1.82, 2.24) is 24.8 Å². The van der Waals surface area contributed by atoms with Gasteiger partial charge in [0.1, 0.15) is 29.9 Å². The standard InChI is InChI=1S/C27H29N9O2/c1-18-13-20(14-28)30-16-23(18)38-36-17-33(2)26-25(36)22(7-8-29-26)32-24-6-3-19(15-31-24)27(37)35-11-9-34(10-12-35)21-4-5-21/h3,6-8,13,15-16,21H,4-5,9-12,17H2,1-2H3,(H,29,31,32). The Morgan fingerprint density at radius 3 is 2.61 bits per heavy atom. The summed E-state index contributed by atoms with van der Waals surface area (Å²) in [5.41, 5.74) is 3.26. The molecule has 1 aliphatic carbocycles. The van der Waals surface area contributed by atoms with Gasteiger partial charge in [0.15, 0.2) is 11.6 Å². The first kappa shape index (κ1) is 23.9. The third-order valence-electron chi connectivity index (χ3n) is 7.18. The van der Waals surface area contributed by atoms with Crippen molar-refractivity contribution in [3.63, 3.8) is 0 Å². The molecule has 0 radical (unpaired) electrons. The van der Waals surface area contributed by atoms with Gasteiger partial charge in [0.2, 0.25) is 0 Å². The number of pyridine rings is 3. The summed E-state index contributed by atoms with van der Waals surface area (Å²) in [6.07, 6.45) is 7.50. The molecule has 11 nitrogen and oxygen atoms in total. The average Bonchev–Trinajstić information content (AvgIpc) is 3.74. The molecule has 194 valence electrons. The van der Waals surface area contributed by atoms with Crippen molar-refractivity contribution in [3.05, 3.63) is 59.7 Å². The van der Waals surface area contributed by atoms with Gasteiger partial charge in [-0.3, -0.25) is 9.69 Å². The number of piperazine rings is 1. The van der Waals surface area contributed by atoms with Crippen LogP contribution in [0.3, 0.4) is 0 Å². The number of hydrogen-bond acceptors (Lipinski definition) is 10. The van der Waals surface area contributed by atoms with Crippen LogP contribution in [0, 0.1) is 18.3 Å². The van der Waals surface area contributed by atoms with E-state index in [4.69, 9.17) is 10.1 Å². The van der Waals surface area contributed by atoms with Crippen LogP contribution in [0.5, 0.6) is 5.75 Å². The molecule has 3 aromatic heterocycles. The van der Waals surface area contributed by atoms with E-state index in [9.17, 15) is 4.79 Å². The monoisotopic (exact) mass is 511 g/mol. The third kappa shape index (κ3) is 4.66. The quantitative estimate of drug-likeness (QED) is 0.530. The molecule has 0 unspecified atom stereocenters. The van der Waals surface area contributed by atoms with E-state index in [1.807, 2.05) is 48.0 Å². The molecule has 2 aliphatic heterocycles. The molecule has 1 amide bonds. The summed E-state index contributed by atoms with van der Waals surface area (Å²) in [7, 11) is 1.94. The first-order chi connectivity index (χ1) is 18.5. The van der Waals surface area contributed by atoms with Crippen LogP contribution in [-0.4, -0.2) is 76.6 Å². The predicted octanol–water partition coefficient (Wildman–Crippen LogP) is 2.92. The lowest BCUT2D eigenvalue weighted by Gasteiger charge is -2.34. The van der Waals surface area contributed by atoms with Crippen molar-refractivity contribution in [3.8, 4) is 11.8 Å². The highest BCUT2D eigenvalue weighted by Gasteiger charge is 2.33. The topological polar surface area (TPSA) is 114 Å². The highest BCUT2D eigenvalue weighted by Crippen LogP contribution is 2.41. The van der Waals surface area contributed by atoms with Gasteiger partial charge >= 0.3 is 0 Å². The third-order valence-corrected chi connectivity index (χ3v) is 7.18. The molecule has 0 bridgehead atoms. The van der Waals surface area contributed by atoms with E-state index in [1.54, 1.807) is 29.7 Å². The lowest BCUT2D eigenvalue weighted by atomic mass is 10.2. The van der Waals surface area contributed by atoms with Crippen LogP contribution in [-0.2, 0) is 0 Å². The second-order valence-corrected chi connectivity index (χ2v) is 9.90. The van der Waals surface area contributed by atoms with Gasteiger partial charge in [-0.25, -0.2) is 15.0 Å². The normalized spacial score (nSPS) is 17.2. The molecule has 1 saturated heterocycles. The van der Waals surface area contributed by atoms with E-state index in [2.05, 4.69) is 25.2 Å². The van der Waals surface area contributed by atoms with Gasteiger partial charge in [0, 0.05) is 51.7 Å². The zero-order valence-corrected chi connectivity index (χ0v) is 21.5. The maximum absolute atomic E-state index is 13.0. The van der Waals surface area contributed by atoms with E-state index in [0.29, 0.717) is 29.5 Å². The number of carbonyl (C=O) groups excluding carboxylic acids is 1.